The third-order valence-corrected chi connectivity index (χ3v) is 9.79. The molecule has 1 amide bonds. The van der Waals surface area contributed by atoms with Crippen molar-refractivity contribution < 1.29 is 23.1 Å². The predicted octanol–water partition coefficient (Wildman–Crippen LogP) is 7.30. The molecule has 10 nitrogen and oxygen atoms in total. The summed E-state index contributed by atoms with van der Waals surface area (Å²) in [5.41, 5.74) is 5.40. The number of aromatic amines is 1. The number of likely N-dealkylation sites (tertiary alicyclic amines) is 1. The van der Waals surface area contributed by atoms with Crippen LogP contribution in [0.3, 0.4) is 0 Å². The molecule has 2 aliphatic rings. The van der Waals surface area contributed by atoms with E-state index in [0.717, 1.165) is 68.0 Å². The summed E-state index contributed by atoms with van der Waals surface area (Å²) in [6, 6.07) is 11.5. The van der Waals surface area contributed by atoms with Crippen LogP contribution in [0.15, 0.2) is 66.4 Å². The highest BCUT2D eigenvalue weighted by molar-refractivity contribution is 6.30. The van der Waals surface area contributed by atoms with Crippen molar-refractivity contribution in [3.05, 3.63) is 111 Å². The molecule has 0 unspecified atom stereocenters. The van der Waals surface area contributed by atoms with E-state index in [1.54, 1.807) is 43.3 Å². The topological polar surface area (TPSA) is 117 Å². The van der Waals surface area contributed by atoms with E-state index in [1.165, 1.54) is 18.6 Å². The van der Waals surface area contributed by atoms with Gasteiger partial charge in [0.2, 0.25) is 0 Å². The number of H-pyrrole nitrogens is 1. The molecule has 0 saturated carbocycles. The molecule has 7 rings (SSSR count). The maximum absolute atomic E-state index is 15.3. The number of aryl methyl sites for hydroxylation is 3. The number of hydrogen-bond acceptors (Lipinski definition) is 7. The van der Waals surface area contributed by atoms with E-state index in [9.17, 15) is 14.0 Å². The van der Waals surface area contributed by atoms with Gasteiger partial charge in [-0.3, -0.25) is 19.6 Å². The maximum Gasteiger partial charge on any atom is 0.255 e. The SMILES string of the molecule is C1COC1.Cc1cc(NC(=O)c2ccc3c(c2)nc(CN2CCC(/C(=C/C=C\C=O)NCc4ccc(Cl)cc4F)CC2)n3C)c(F)c2c(C)[nH]nc12. The summed E-state index contributed by atoms with van der Waals surface area (Å²) in [5, 5.41) is 13.8. The minimum absolute atomic E-state index is 0.102. The molecule has 13 heteroatoms. The van der Waals surface area contributed by atoms with Gasteiger partial charge in [-0.05, 0) is 100 Å². The van der Waals surface area contributed by atoms with Crippen LogP contribution in [0.5, 0.6) is 0 Å². The lowest BCUT2D eigenvalue weighted by Gasteiger charge is -2.33. The molecule has 5 aromatic rings. The highest BCUT2D eigenvalue weighted by Gasteiger charge is 2.24. The Bertz CT molecular complexity index is 2140. The summed E-state index contributed by atoms with van der Waals surface area (Å²) in [7, 11) is 1.96. The molecule has 2 fully saturated rings. The molecule has 2 aromatic heterocycles. The van der Waals surface area contributed by atoms with Crippen LogP contribution in [0, 0.1) is 31.4 Å². The van der Waals surface area contributed by atoms with Crippen LogP contribution in [0.25, 0.3) is 21.9 Å². The number of carbonyl (C=O) groups is 2. The Kier molecular flexibility index (Phi) is 11.8. The monoisotopic (exact) mass is 729 g/mol. The molecule has 0 radical (unpaired) electrons. The summed E-state index contributed by atoms with van der Waals surface area (Å²) in [6.07, 6.45) is 8.75. The fraction of sp³-hybridized carbons (Fsp3) is 0.333. The number of hydrogen-bond donors (Lipinski definition) is 3. The number of nitrogens with zero attached hydrogens (tertiary/aromatic N) is 4. The lowest BCUT2D eigenvalue weighted by molar-refractivity contribution is -0.104. The van der Waals surface area contributed by atoms with Gasteiger partial charge in [-0.1, -0.05) is 23.7 Å². The van der Waals surface area contributed by atoms with Crippen LogP contribution in [0.4, 0.5) is 14.5 Å². The van der Waals surface area contributed by atoms with Crippen LogP contribution >= 0.6 is 11.6 Å². The van der Waals surface area contributed by atoms with Gasteiger partial charge in [-0.15, -0.1) is 0 Å². The van der Waals surface area contributed by atoms with E-state index in [2.05, 4.69) is 25.7 Å². The zero-order valence-electron chi connectivity index (χ0n) is 29.4. The first-order valence-electron chi connectivity index (χ1n) is 17.3. The van der Waals surface area contributed by atoms with Gasteiger partial charge in [0.25, 0.3) is 5.91 Å². The quantitative estimate of drug-likeness (QED) is 0.0785. The van der Waals surface area contributed by atoms with Crippen molar-refractivity contribution in [1.82, 2.24) is 30.0 Å². The molecule has 0 spiro atoms. The Hall–Kier alpha value is -4.91. The zero-order valence-corrected chi connectivity index (χ0v) is 30.2. The number of nitrogens with one attached hydrogen (secondary N) is 3. The molecule has 0 aliphatic carbocycles. The summed E-state index contributed by atoms with van der Waals surface area (Å²) in [6.45, 7) is 8.14. The number of amides is 1. The molecule has 2 saturated heterocycles. The predicted molar refractivity (Wildman–Crippen MR) is 199 cm³/mol. The third kappa shape index (κ3) is 8.41. The number of aromatic nitrogens is 4. The largest absolute Gasteiger partial charge is 0.384 e. The molecule has 2 aliphatic heterocycles. The van der Waals surface area contributed by atoms with Crippen molar-refractivity contribution in [2.75, 3.05) is 31.6 Å². The molecule has 272 valence electrons. The van der Waals surface area contributed by atoms with E-state index < -0.39 is 11.7 Å². The lowest BCUT2D eigenvalue weighted by Crippen LogP contribution is -2.36. The molecule has 4 heterocycles. The number of imidazole rings is 1. The van der Waals surface area contributed by atoms with Crippen molar-refractivity contribution in [2.45, 2.75) is 46.2 Å². The van der Waals surface area contributed by atoms with Gasteiger partial charge in [0.05, 0.1) is 34.2 Å². The number of anilines is 1. The Labute approximate surface area is 305 Å². The summed E-state index contributed by atoms with van der Waals surface area (Å²) >= 11 is 5.91. The van der Waals surface area contributed by atoms with Gasteiger partial charge in [-0.2, -0.15) is 5.10 Å². The van der Waals surface area contributed by atoms with Crippen LogP contribution in [0.1, 0.15) is 52.3 Å². The first-order valence-corrected chi connectivity index (χ1v) is 17.7. The first-order chi connectivity index (χ1) is 25.1. The van der Waals surface area contributed by atoms with E-state index in [4.69, 9.17) is 21.3 Å². The first kappa shape index (κ1) is 36.9. The second kappa shape index (κ2) is 16.6. The average Bonchev–Trinajstić information content (AvgIpc) is 3.64. The number of ether oxygens (including phenoxy) is 1. The zero-order chi connectivity index (χ0) is 36.8. The van der Waals surface area contributed by atoms with E-state index in [-0.39, 0.29) is 17.4 Å². The van der Waals surface area contributed by atoms with Crippen molar-refractivity contribution >= 4 is 51.4 Å². The molecule has 52 heavy (non-hydrogen) atoms. The third-order valence-electron chi connectivity index (χ3n) is 9.55. The molecular formula is C39H42ClF2N7O3. The van der Waals surface area contributed by atoms with E-state index >= 15 is 4.39 Å². The molecule has 0 atom stereocenters. The van der Waals surface area contributed by atoms with Gasteiger partial charge in [-0.25, -0.2) is 13.8 Å². The van der Waals surface area contributed by atoms with Gasteiger partial charge in [0.1, 0.15) is 17.9 Å². The second-order valence-corrected chi connectivity index (χ2v) is 13.6. The number of halogens is 3. The second-order valence-electron chi connectivity index (χ2n) is 13.1. The van der Waals surface area contributed by atoms with Gasteiger partial charge < -0.3 is 19.9 Å². The highest BCUT2D eigenvalue weighted by Crippen LogP contribution is 2.30. The van der Waals surface area contributed by atoms with Gasteiger partial charge in [0.15, 0.2) is 5.82 Å². The number of benzene rings is 3. The molecule has 3 N–H and O–H groups in total. The fourth-order valence-corrected chi connectivity index (χ4v) is 6.60. The number of aldehydes is 1. The molecule has 3 aromatic carbocycles. The Balaban J connectivity index is 0.00000109. The number of fused-ring (bicyclic) bond motifs is 2. The Morgan fingerprint density at radius 2 is 1.85 bits per heavy atom. The van der Waals surface area contributed by atoms with Crippen LogP contribution < -0.4 is 10.6 Å². The Morgan fingerprint density at radius 3 is 2.54 bits per heavy atom. The minimum Gasteiger partial charge on any atom is -0.384 e. The van der Waals surface area contributed by atoms with Crippen LogP contribution in [0.2, 0.25) is 5.02 Å². The minimum atomic E-state index is -0.522. The summed E-state index contributed by atoms with van der Waals surface area (Å²) in [5.74, 6) is -0.240. The number of carbonyl (C=O) groups excluding carboxylic acids is 2. The summed E-state index contributed by atoms with van der Waals surface area (Å²) in [4.78, 5) is 31.3. The van der Waals surface area contributed by atoms with Crippen molar-refractivity contribution in [3.8, 4) is 0 Å². The normalized spacial score (nSPS) is 15.5. The van der Waals surface area contributed by atoms with E-state index in [0.29, 0.717) is 51.4 Å². The van der Waals surface area contributed by atoms with Crippen LogP contribution in [-0.2, 0) is 29.7 Å². The summed E-state index contributed by atoms with van der Waals surface area (Å²) < 4.78 is 36.4. The smallest absolute Gasteiger partial charge is 0.255 e. The van der Waals surface area contributed by atoms with Gasteiger partial charge >= 0.3 is 0 Å². The number of piperidine rings is 1. The number of rotatable bonds is 10. The maximum atomic E-state index is 15.3. The standard InChI is InChI=1S/C36H36ClF2N7O2.C3H6O/c1-21-16-30(34(39)33-22(2)43-44-35(21)33)42-36(48)24-8-10-31-29(17-24)41-32(45(31)3)20-46-13-11-23(12-14-46)28(6-4-5-15-47)40-19-25-7-9-26(37)18-27(25)38;1-2-4-3-1/h4-10,15-18,23,40H,11-14,19-20H2,1-3H3,(H,42,48)(H,43,44);1-3H2/b5-4-,28-6-;. The Morgan fingerprint density at radius 1 is 1.10 bits per heavy atom. The van der Waals surface area contributed by atoms with Crippen molar-refractivity contribution in [3.63, 3.8) is 0 Å². The highest BCUT2D eigenvalue weighted by atomic mass is 35.5. The lowest BCUT2D eigenvalue weighted by atomic mass is 9.92. The number of allylic oxidation sites excluding steroid dienone is 4. The van der Waals surface area contributed by atoms with Crippen molar-refractivity contribution in [2.24, 2.45) is 13.0 Å². The van der Waals surface area contributed by atoms with Crippen molar-refractivity contribution in [1.29, 1.82) is 0 Å². The van der Waals surface area contributed by atoms with Gasteiger partial charge in [0, 0.05) is 60.3 Å². The molecular weight excluding hydrogens is 688 g/mol. The average molecular weight is 730 g/mol. The molecule has 0 bridgehead atoms. The van der Waals surface area contributed by atoms with E-state index in [1.807, 2.05) is 30.7 Å². The van der Waals surface area contributed by atoms with Crippen LogP contribution in [-0.4, -0.2) is 63.1 Å². The fourth-order valence-electron chi connectivity index (χ4n) is 6.44.